The summed E-state index contributed by atoms with van der Waals surface area (Å²) in [5.74, 6) is 0.135. The molecule has 2 fully saturated rings. The van der Waals surface area contributed by atoms with Crippen LogP contribution >= 0.6 is 0 Å². The van der Waals surface area contributed by atoms with E-state index in [-0.39, 0.29) is 18.4 Å². The highest BCUT2D eigenvalue weighted by atomic mass is 16.2. The first-order chi connectivity index (χ1) is 7.51. The van der Waals surface area contributed by atoms with Crippen molar-refractivity contribution in [1.82, 2.24) is 10.2 Å². The van der Waals surface area contributed by atoms with Gasteiger partial charge in [0.2, 0.25) is 11.8 Å². The fourth-order valence-corrected chi connectivity index (χ4v) is 2.18. The number of rotatable bonds is 2. The highest BCUT2D eigenvalue weighted by Crippen LogP contribution is 2.39. The van der Waals surface area contributed by atoms with Crippen LogP contribution in [0.15, 0.2) is 0 Å². The topological polar surface area (TPSA) is 75.4 Å². The van der Waals surface area contributed by atoms with Crippen LogP contribution in [0.1, 0.15) is 26.2 Å². The van der Waals surface area contributed by atoms with Crippen molar-refractivity contribution in [2.75, 3.05) is 19.6 Å². The van der Waals surface area contributed by atoms with E-state index < -0.39 is 5.54 Å². The van der Waals surface area contributed by atoms with Crippen molar-refractivity contribution in [3.8, 4) is 0 Å². The number of hydrogen-bond donors (Lipinski definition) is 2. The van der Waals surface area contributed by atoms with Gasteiger partial charge in [-0.15, -0.1) is 0 Å². The van der Waals surface area contributed by atoms with E-state index in [2.05, 4.69) is 5.32 Å². The second-order valence-electron chi connectivity index (χ2n) is 4.99. The maximum Gasteiger partial charge on any atom is 0.243 e. The van der Waals surface area contributed by atoms with E-state index in [0.717, 1.165) is 19.3 Å². The van der Waals surface area contributed by atoms with Gasteiger partial charge >= 0.3 is 0 Å². The maximum atomic E-state index is 12.2. The molecule has 1 unspecified atom stereocenters. The zero-order chi connectivity index (χ0) is 11.8. The highest BCUT2D eigenvalue weighted by Gasteiger charge is 2.46. The molecule has 1 aliphatic carbocycles. The fourth-order valence-electron chi connectivity index (χ4n) is 2.18. The Morgan fingerprint density at radius 1 is 1.56 bits per heavy atom. The lowest BCUT2D eigenvalue weighted by Crippen LogP contribution is -2.56. The Labute approximate surface area is 95.3 Å². The molecule has 0 bridgehead atoms. The van der Waals surface area contributed by atoms with Crippen molar-refractivity contribution in [3.05, 3.63) is 0 Å². The van der Waals surface area contributed by atoms with E-state index in [0.29, 0.717) is 19.0 Å². The summed E-state index contributed by atoms with van der Waals surface area (Å²) in [7, 11) is 0. The highest BCUT2D eigenvalue weighted by molar-refractivity contribution is 5.90. The van der Waals surface area contributed by atoms with Gasteiger partial charge < -0.3 is 16.0 Å². The predicted molar refractivity (Wildman–Crippen MR) is 59.5 cm³/mol. The van der Waals surface area contributed by atoms with Crippen LogP contribution in [0, 0.1) is 5.92 Å². The second-order valence-corrected chi connectivity index (χ2v) is 4.99. The van der Waals surface area contributed by atoms with Crippen LogP contribution in [0.3, 0.4) is 0 Å². The minimum Gasteiger partial charge on any atom is -0.354 e. The molecule has 0 aromatic heterocycles. The van der Waals surface area contributed by atoms with Gasteiger partial charge in [0, 0.05) is 13.1 Å². The van der Waals surface area contributed by atoms with E-state index in [9.17, 15) is 9.59 Å². The molecule has 0 radical (unpaired) electrons. The summed E-state index contributed by atoms with van der Waals surface area (Å²) in [6, 6.07) is 0. The summed E-state index contributed by atoms with van der Waals surface area (Å²) in [4.78, 5) is 25.2. The summed E-state index contributed by atoms with van der Waals surface area (Å²) in [5, 5.41) is 2.75. The van der Waals surface area contributed by atoms with Crippen LogP contribution in [0.2, 0.25) is 0 Å². The first-order valence-corrected chi connectivity index (χ1v) is 5.87. The van der Waals surface area contributed by atoms with Gasteiger partial charge in [-0.1, -0.05) is 0 Å². The van der Waals surface area contributed by atoms with Crippen LogP contribution in [0.4, 0.5) is 0 Å². The molecule has 90 valence electrons. The lowest BCUT2D eigenvalue weighted by atomic mass is 9.95. The molecule has 1 heterocycles. The quantitative estimate of drug-likeness (QED) is 0.663. The average Bonchev–Trinajstić information content (AvgIpc) is 3.02. The molecule has 1 atom stereocenters. The van der Waals surface area contributed by atoms with Gasteiger partial charge in [-0.2, -0.15) is 0 Å². The van der Waals surface area contributed by atoms with Crippen molar-refractivity contribution < 1.29 is 9.59 Å². The Balaban J connectivity index is 2.04. The minimum absolute atomic E-state index is 0.0768. The zero-order valence-electron chi connectivity index (χ0n) is 9.66. The predicted octanol–water partition coefficient (Wildman–Crippen LogP) is -0.538. The standard InChI is InChI=1S/C11H19N3O2/c1-11(12,8-3-4-8)10(16)14-6-2-5-13-9(15)7-14/h8H,2-7,12H2,1H3,(H,13,15). The van der Waals surface area contributed by atoms with Gasteiger partial charge in [0.1, 0.15) is 0 Å². The van der Waals surface area contributed by atoms with Crippen LogP contribution < -0.4 is 11.1 Å². The van der Waals surface area contributed by atoms with E-state index in [4.69, 9.17) is 5.73 Å². The average molecular weight is 225 g/mol. The van der Waals surface area contributed by atoms with Crippen molar-refractivity contribution in [2.45, 2.75) is 31.7 Å². The molecule has 1 saturated carbocycles. The SMILES string of the molecule is CC(N)(C(=O)N1CCCNC(=O)C1)C1CC1. The Bertz CT molecular complexity index is 310. The van der Waals surface area contributed by atoms with Crippen LogP contribution in [0.5, 0.6) is 0 Å². The molecule has 16 heavy (non-hydrogen) atoms. The zero-order valence-corrected chi connectivity index (χ0v) is 9.66. The van der Waals surface area contributed by atoms with Crippen LogP contribution in [-0.4, -0.2) is 41.9 Å². The number of amides is 2. The first-order valence-electron chi connectivity index (χ1n) is 5.87. The molecule has 5 nitrogen and oxygen atoms in total. The number of carbonyl (C=O) groups excluding carboxylic acids is 2. The number of carbonyl (C=O) groups is 2. The van der Waals surface area contributed by atoms with Gasteiger partial charge in [-0.3, -0.25) is 9.59 Å². The molecular weight excluding hydrogens is 206 g/mol. The molecule has 1 saturated heterocycles. The van der Waals surface area contributed by atoms with Gasteiger partial charge in [-0.05, 0) is 32.1 Å². The summed E-state index contributed by atoms with van der Waals surface area (Å²) < 4.78 is 0. The first kappa shape index (κ1) is 11.4. The Hall–Kier alpha value is -1.10. The van der Waals surface area contributed by atoms with Crippen molar-refractivity contribution >= 4 is 11.8 Å². The normalized spacial score (nSPS) is 25.6. The van der Waals surface area contributed by atoms with Crippen molar-refractivity contribution in [2.24, 2.45) is 11.7 Å². The molecule has 3 N–H and O–H groups in total. The lowest BCUT2D eigenvalue weighted by molar-refractivity contribution is -0.140. The van der Waals surface area contributed by atoms with Gasteiger partial charge in [0.05, 0.1) is 12.1 Å². The summed E-state index contributed by atoms with van der Waals surface area (Å²) >= 11 is 0. The molecule has 2 aliphatic rings. The van der Waals surface area contributed by atoms with Gasteiger partial charge in [0.25, 0.3) is 0 Å². The number of nitrogens with one attached hydrogen (secondary N) is 1. The minimum atomic E-state index is -0.787. The Morgan fingerprint density at radius 3 is 2.88 bits per heavy atom. The lowest BCUT2D eigenvalue weighted by Gasteiger charge is -2.30. The van der Waals surface area contributed by atoms with Crippen LogP contribution in [0.25, 0.3) is 0 Å². The fraction of sp³-hybridized carbons (Fsp3) is 0.818. The smallest absolute Gasteiger partial charge is 0.243 e. The number of nitrogens with two attached hydrogens (primary N) is 1. The summed E-state index contributed by atoms with van der Waals surface area (Å²) in [6.07, 6.45) is 2.86. The van der Waals surface area contributed by atoms with Crippen LogP contribution in [-0.2, 0) is 9.59 Å². The van der Waals surface area contributed by atoms with E-state index in [1.807, 2.05) is 0 Å². The molecule has 1 aliphatic heterocycles. The summed E-state index contributed by atoms with van der Waals surface area (Å²) in [6.45, 7) is 3.21. The van der Waals surface area contributed by atoms with Gasteiger partial charge in [-0.25, -0.2) is 0 Å². The molecule has 0 aromatic carbocycles. The Morgan fingerprint density at radius 2 is 2.25 bits per heavy atom. The molecule has 5 heteroatoms. The molecule has 2 amide bonds. The molecule has 0 aromatic rings. The van der Waals surface area contributed by atoms with Gasteiger partial charge in [0.15, 0.2) is 0 Å². The number of nitrogens with zero attached hydrogens (tertiary/aromatic N) is 1. The third-order valence-electron chi connectivity index (χ3n) is 3.43. The van der Waals surface area contributed by atoms with Crippen molar-refractivity contribution in [3.63, 3.8) is 0 Å². The monoisotopic (exact) mass is 225 g/mol. The molecule has 0 spiro atoms. The molecular formula is C11H19N3O2. The second kappa shape index (κ2) is 4.05. The number of hydrogen-bond acceptors (Lipinski definition) is 3. The van der Waals surface area contributed by atoms with E-state index in [1.165, 1.54) is 0 Å². The van der Waals surface area contributed by atoms with E-state index in [1.54, 1.807) is 11.8 Å². The largest absolute Gasteiger partial charge is 0.354 e. The third kappa shape index (κ3) is 2.19. The summed E-state index contributed by atoms with van der Waals surface area (Å²) in [5.41, 5.74) is 5.28. The van der Waals surface area contributed by atoms with E-state index >= 15 is 0 Å². The third-order valence-corrected chi connectivity index (χ3v) is 3.43. The maximum absolute atomic E-state index is 12.2. The van der Waals surface area contributed by atoms with Crippen molar-refractivity contribution in [1.29, 1.82) is 0 Å². The molecule has 2 rings (SSSR count). The Kier molecular flexibility index (Phi) is 2.88.